The number of benzene rings is 1. The summed E-state index contributed by atoms with van der Waals surface area (Å²) in [7, 11) is 0. The van der Waals surface area contributed by atoms with Crippen molar-refractivity contribution in [2.24, 2.45) is 0 Å². The van der Waals surface area contributed by atoms with Crippen LogP contribution in [0.4, 0.5) is 0 Å². The molecule has 0 saturated heterocycles. The second-order valence-corrected chi connectivity index (χ2v) is 5.83. The van der Waals surface area contributed by atoms with Crippen molar-refractivity contribution in [1.29, 1.82) is 0 Å². The van der Waals surface area contributed by atoms with Gasteiger partial charge in [0, 0.05) is 6.54 Å². The Kier molecular flexibility index (Phi) is 6.29. The highest BCUT2D eigenvalue weighted by atomic mass is 16.5. The number of unbranched alkanes of at least 4 members (excludes halogenated alkanes) is 1. The van der Waals surface area contributed by atoms with E-state index in [1.54, 1.807) is 0 Å². The Bertz CT molecular complexity index is 447. The minimum atomic E-state index is -0.121. The van der Waals surface area contributed by atoms with Crippen LogP contribution in [0.3, 0.4) is 0 Å². The van der Waals surface area contributed by atoms with E-state index >= 15 is 0 Å². The van der Waals surface area contributed by atoms with Crippen LogP contribution in [0.25, 0.3) is 0 Å². The lowest BCUT2D eigenvalue weighted by molar-refractivity contribution is -0.116. The largest absolute Gasteiger partial charge is 0.494 e. The SMILES string of the molecule is C=CC(=O)NCCCCOc1cccc(C(C)(C)C)c1. The van der Waals surface area contributed by atoms with Gasteiger partial charge in [0.25, 0.3) is 0 Å². The third-order valence-electron chi connectivity index (χ3n) is 3.02. The van der Waals surface area contributed by atoms with Gasteiger partial charge in [-0.15, -0.1) is 0 Å². The van der Waals surface area contributed by atoms with Gasteiger partial charge in [-0.1, -0.05) is 39.5 Å². The molecular weight excluding hydrogens is 250 g/mol. The fraction of sp³-hybridized carbons (Fsp3) is 0.471. The lowest BCUT2D eigenvalue weighted by atomic mass is 9.87. The predicted molar refractivity (Wildman–Crippen MR) is 83.1 cm³/mol. The molecule has 1 rings (SSSR count). The van der Waals surface area contributed by atoms with E-state index in [2.05, 4.69) is 44.8 Å². The number of carbonyl (C=O) groups is 1. The summed E-state index contributed by atoms with van der Waals surface area (Å²) < 4.78 is 5.74. The summed E-state index contributed by atoms with van der Waals surface area (Å²) in [6, 6.07) is 8.23. The fourth-order valence-corrected chi connectivity index (χ4v) is 1.75. The van der Waals surface area contributed by atoms with Crippen LogP contribution >= 0.6 is 0 Å². The number of ether oxygens (including phenoxy) is 1. The van der Waals surface area contributed by atoms with Crippen molar-refractivity contribution in [1.82, 2.24) is 5.32 Å². The Hall–Kier alpha value is -1.77. The van der Waals surface area contributed by atoms with E-state index in [4.69, 9.17) is 4.74 Å². The van der Waals surface area contributed by atoms with E-state index in [9.17, 15) is 4.79 Å². The topological polar surface area (TPSA) is 38.3 Å². The van der Waals surface area contributed by atoms with Crippen molar-refractivity contribution in [2.45, 2.75) is 39.0 Å². The van der Waals surface area contributed by atoms with E-state index in [0.717, 1.165) is 18.6 Å². The van der Waals surface area contributed by atoms with Gasteiger partial charge in [-0.3, -0.25) is 4.79 Å². The standard InChI is InChI=1S/C17H25NO2/c1-5-16(19)18-11-6-7-12-20-15-10-8-9-14(13-15)17(2,3)4/h5,8-10,13H,1,6-7,11-12H2,2-4H3,(H,18,19). The van der Waals surface area contributed by atoms with Gasteiger partial charge in [0.1, 0.15) is 5.75 Å². The summed E-state index contributed by atoms with van der Waals surface area (Å²) in [5, 5.41) is 2.75. The fourth-order valence-electron chi connectivity index (χ4n) is 1.75. The van der Waals surface area contributed by atoms with Gasteiger partial charge in [-0.25, -0.2) is 0 Å². The van der Waals surface area contributed by atoms with Crippen LogP contribution in [-0.4, -0.2) is 19.1 Å². The molecule has 110 valence electrons. The molecule has 0 unspecified atom stereocenters. The number of hydrogen-bond donors (Lipinski definition) is 1. The molecule has 0 fully saturated rings. The summed E-state index contributed by atoms with van der Waals surface area (Å²) in [5.74, 6) is 0.788. The second-order valence-electron chi connectivity index (χ2n) is 5.83. The van der Waals surface area contributed by atoms with Gasteiger partial charge in [0.15, 0.2) is 0 Å². The Balaban J connectivity index is 2.29. The van der Waals surface area contributed by atoms with Crippen molar-refractivity contribution in [3.63, 3.8) is 0 Å². The van der Waals surface area contributed by atoms with Crippen LogP contribution in [-0.2, 0) is 10.2 Å². The maximum Gasteiger partial charge on any atom is 0.243 e. The maximum absolute atomic E-state index is 10.9. The molecule has 0 spiro atoms. The van der Waals surface area contributed by atoms with Crippen molar-refractivity contribution in [2.75, 3.05) is 13.2 Å². The molecule has 0 bridgehead atoms. The van der Waals surface area contributed by atoms with Crippen LogP contribution in [0.5, 0.6) is 5.75 Å². The first-order chi connectivity index (χ1) is 9.43. The van der Waals surface area contributed by atoms with E-state index < -0.39 is 0 Å². The highest BCUT2D eigenvalue weighted by Gasteiger charge is 2.13. The van der Waals surface area contributed by atoms with Crippen molar-refractivity contribution in [3.05, 3.63) is 42.5 Å². The zero-order valence-corrected chi connectivity index (χ0v) is 12.7. The molecule has 0 aliphatic rings. The van der Waals surface area contributed by atoms with Crippen molar-refractivity contribution in [3.8, 4) is 5.75 Å². The molecule has 1 N–H and O–H groups in total. The zero-order valence-electron chi connectivity index (χ0n) is 12.7. The summed E-state index contributed by atoms with van der Waals surface area (Å²) in [5.41, 5.74) is 1.40. The molecular formula is C17H25NO2. The van der Waals surface area contributed by atoms with Gasteiger partial charge in [-0.2, -0.15) is 0 Å². The average Bonchev–Trinajstić information content (AvgIpc) is 2.41. The van der Waals surface area contributed by atoms with Crippen LogP contribution in [0.1, 0.15) is 39.2 Å². The molecule has 0 atom stereocenters. The van der Waals surface area contributed by atoms with Gasteiger partial charge < -0.3 is 10.1 Å². The Morgan fingerprint density at radius 2 is 2.10 bits per heavy atom. The van der Waals surface area contributed by atoms with Crippen LogP contribution in [0.2, 0.25) is 0 Å². The molecule has 0 aliphatic carbocycles. The summed E-state index contributed by atoms with van der Waals surface area (Å²) >= 11 is 0. The molecule has 1 amide bonds. The van der Waals surface area contributed by atoms with Gasteiger partial charge in [-0.05, 0) is 42.0 Å². The van der Waals surface area contributed by atoms with Gasteiger partial charge in [0.05, 0.1) is 6.61 Å². The molecule has 3 heteroatoms. The summed E-state index contributed by atoms with van der Waals surface area (Å²) in [6.45, 7) is 11.3. The van der Waals surface area contributed by atoms with Crippen LogP contribution in [0.15, 0.2) is 36.9 Å². The zero-order chi connectivity index (χ0) is 15.0. The highest BCUT2D eigenvalue weighted by molar-refractivity contribution is 5.86. The molecule has 0 radical (unpaired) electrons. The first kappa shape index (κ1) is 16.3. The molecule has 20 heavy (non-hydrogen) atoms. The molecule has 0 heterocycles. The van der Waals surface area contributed by atoms with Crippen molar-refractivity contribution >= 4 is 5.91 Å². The van der Waals surface area contributed by atoms with E-state index in [1.165, 1.54) is 11.6 Å². The van der Waals surface area contributed by atoms with Gasteiger partial charge in [0.2, 0.25) is 5.91 Å². The first-order valence-corrected chi connectivity index (χ1v) is 7.07. The van der Waals surface area contributed by atoms with Gasteiger partial charge >= 0.3 is 0 Å². The summed E-state index contributed by atoms with van der Waals surface area (Å²) in [4.78, 5) is 10.9. The Morgan fingerprint density at radius 3 is 2.75 bits per heavy atom. The van der Waals surface area contributed by atoms with E-state index in [1.807, 2.05) is 12.1 Å². The van der Waals surface area contributed by atoms with Crippen LogP contribution in [0, 0.1) is 0 Å². The summed E-state index contributed by atoms with van der Waals surface area (Å²) in [6.07, 6.45) is 3.10. The molecule has 0 aromatic heterocycles. The first-order valence-electron chi connectivity index (χ1n) is 7.07. The second kappa shape index (κ2) is 7.73. The highest BCUT2D eigenvalue weighted by Crippen LogP contribution is 2.25. The number of rotatable bonds is 7. The lowest BCUT2D eigenvalue weighted by Crippen LogP contribution is -2.22. The monoisotopic (exact) mass is 275 g/mol. The lowest BCUT2D eigenvalue weighted by Gasteiger charge is -2.19. The average molecular weight is 275 g/mol. The predicted octanol–water partition coefficient (Wildman–Crippen LogP) is 3.45. The maximum atomic E-state index is 10.9. The Morgan fingerprint density at radius 1 is 1.35 bits per heavy atom. The molecule has 1 aromatic rings. The van der Waals surface area contributed by atoms with E-state index in [0.29, 0.717) is 13.2 Å². The normalized spacial score (nSPS) is 10.9. The third kappa shape index (κ3) is 5.91. The van der Waals surface area contributed by atoms with Crippen molar-refractivity contribution < 1.29 is 9.53 Å². The van der Waals surface area contributed by atoms with Crippen LogP contribution < -0.4 is 10.1 Å². The van der Waals surface area contributed by atoms with E-state index in [-0.39, 0.29) is 11.3 Å². The number of amides is 1. The number of nitrogens with one attached hydrogen (secondary N) is 1. The minimum Gasteiger partial charge on any atom is -0.494 e. The minimum absolute atomic E-state index is 0.121. The smallest absolute Gasteiger partial charge is 0.243 e. The molecule has 0 aliphatic heterocycles. The quantitative estimate of drug-likeness (QED) is 0.611. The molecule has 3 nitrogen and oxygen atoms in total. The molecule has 0 saturated carbocycles. The Labute approximate surface area is 122 Å². The molecule has 1 aromatic carbocycles. The number of carbonyl (C=O) groups excluding carboxylic acids is 1. The number of hydrogen-bond acceptors (Lipinski definition) is 2. The third-order valence-corrected chi connectivity index (χ3v) is 3.02.